The lowest BCUT2D eigenvalue weighted by atomic mass is 10.1. The molecule has 0 heterocycles. The molecular formula is C15H24ClN3O. The lowest BCUT2D eigenvalue weighted by molar-refractivity contribution is 0.241. The van der Waals surface area contributed by atoms with Crippen LogP contribution in [0.4, 0.5) is 0 Å². The average molecular weight is 298 g/mol. The largest absolute Gasteiger partial charge is 0.396 e. The molecule has 3 N–H and O–H groups in total. The van der Waals surface area contributed by atoms with Crippen molar-refractivity contribution in [1.29, 1.82) is 0 Å². The van der Waals surface area contributed by atoms with Gasteiger partial charge in [-0.15, -0.1) is 0 Å². The van der Waals surface area contributed by atoms with E-state index in [2.05, 4.69) is 21.7 Å². The summed E-state index contributed by atoms with van der Waals surface area (Å²) in [6.07, 6.45) is 0.889. The summed E-state index contributed by atoms with van der Waals surface area (Å²) in [5.74, 6) is 0.966. The first-order valence-corrected chi connectivity index (χ1v) is 7.41. The topological polar surface area (TPSA) is 56.7 Å². The molecule has 1 aromatic rings. The molecule has 4 nitrogen and oxygen atoms in total. The Kier molecular flexibility index (Phi) is 8.07. The molecule has 0 radical (unpaired) electrons. The number of guanidine groups is 1. The van der Waals surface area contributed by atoms with E-state index >= 15 is 0 Å². The summed E-state index contributed by atoms with van der Waals surface area (Å²) in [7, 11) is 0. The van der Waals surface area contributed by atoms with Gasteiger partial charge in [0, 0.05) is 31.3 Å². The van der Waals surface area contributed by atoms with E-state index in [9.17, 15) is 0 Å². The summed E-state index contributed by atoms with van der Waals surface area (Å²) < 4.78 is 0. The predicted molar refractivity (Wildman–Crippen MR) is 85.4 cm³/mol. The van der Waals surface area contributed by atoms with Crippen LogP contribution in [0, 0.1) is 5.92 Å². The Labute approximate surface area is 126 Å². The Balaban J connectivity index is 2.42. The molecule has 0 aliphatic carbocycles. The van der Waals surface area contributed by atoms with Gasteiger partial charge in [0.2, 0.25) is 0 Å². The van der Waals surface area contributed by atoms with Crippen molar-refractivity contribution >= 4 is 17.6 Å². The number of aliphatic hydroxyl groups is 1. The zero-order valence-electron chi connectivity index (χ0n) is 12.2. The molecule has 0 fully saturated rings. The van der Waals surface area contributed by atoms with Gasteiger partial charge in [-0.2, -0.15) is 0 Å². The number of nitrogens with one attached hydrogen (secondary N) is 2. The zero-order chi connectivity index (χ0) is 14.8. The van der Waals surface area contributed by atoms with E-state index in [4.69, 9.17) is 16.7 Å². The maximum Gasteiger partial charge on any atom is 0.191 e. The SMILES string of the molecule is CCNC(=NCC(C)CO)NCCc1cccc(Cl)c1. The molecule has 0 spiro atoms. The molecule has 5 heteroatoms. The quantitative estimate of drug-likeness (QED) is 0.533. The fourth-order valence-electron chi connectivity index (χ4n) is 1.66. The fraction of sp³-hybridized carbons (Fsp3) is 0.533. The molecule has 0 aliphatic heterocycles. The molecule has 1 atom stereocenters. The van der Waals surface area contributed by atoms with Gasteiger partial charge < -0.3 is 15.7 Å². The van der Waals surface area contributed by atoms with E-state index in [1.165, 1.54) is 5.56 Å². The van der Waals surface area contributed by atoms with Crippen LogP contribution in [-0.4, -0.2) is 37.3 Å². The highest BCUT2D eigenvalue weighted by Crippen LogP contribution is 2.10. The van der Waals surface area contributed by atoms with E-state index in [-0.39, 0.29) is 12.5 Å². The molecule has 112 valence electrons. The number of nitrogens with zero attached hydrogens (tertiary/aromatic N) is 1. The minimum atomic E-state index is 0.158. The van der Waals surface area contributed by atoms with Gasteiger partial charge in [0.25, 0.3) is 0 Å². The lowest BCUT2D eigenvalue weighted by Crippen LogP contribution is -2.38. The Morgan fingerprint density at radius 3 is 2.85 bits per heavy atom. The van der Waals surface area contributed by atoms with Gasteiger partial charge in [0.15, 0.2) is 5.96 Å². The first-order valence-electron chi connectivity index (χ1n) is 7.03. The van der Waals surface area contributed by atoms with Crippen LogP contribution in [-0.2, 0) is 6.42 Å². The molecule has 0 aliphatic rings. The lowest BCUT2D eigenvalue weighted by Gasteiger charge is -2.12. The number of rotatable bonds is 7. The van der Waals surface area contributed by atoms with Gasteiger partial charge in [-0.1, -0.05) is 30.7 Å². The predicted octanol–water partition coefficient (Wildman–Crippen LogP) is 2.07. The Morgan fingerprint density at radius 1 is 1.40 bits per heavy atom. The van der Waals surface area contributed by atoms with Crippen LogP contribution in [0.2, 0.25) is 5.02 Å². The van der Waals surface area contributed by atoms with Crippen LogP contribution in [0.3, 0.4) is 0 Å². The summed E-state index contributed by atoms with van der Waals surface area (Å²) in [4.78, 5) is 4.44. The van der Waals surface area contributed by atoms with Gasteiger partial charge in [-0.3, -0.25) is 4.99 Å². The van der Waals surface area contributed by atoms with E-state index in [1.807, 2.05) is 32.0 Å². The number of hydrogen-bond acceptors (Lipinski definition) is 2. The summed E-state index contributed by atoms with van der Waals surface area (Å²) in [5.41, 5.74) is 1.20. The normalized spacial score (nSPS) is 13.1. The Hall–Kier alpha value is -1.26. The van der Waals surface area contributed by atoms with Crippen molar-refractivity contribution in [1.82, 2.24) is 10.6 Å². The van der Waals surface area contributed by atoms with Crippen molar-refractivity contribution in [2.45, 2.75) is 20.3 Å². The van der Waals surface area contributed by atoms with Crippen LogP contribution in [0.15, 0.2) is 29.3 Å². The molecule has 1 unspecified atom stereocenters. The van der Waals surface area contributed by atoms with Crippen molar-refractivity contribution in [2.75, 3.05) is 26.2 Å². The summed E-state index contributed by atoms with van der Waals surface area (Å²) >= 11 is 5.96. The molecule has 0 saturated carbocycles. The summed E-state index contributed by atoms with van der Waals surface area (Å²) in [5, 5.41) is 16.2. The summed E-state index contributed by atoms with van der Waals surface area (Å²) in [6.45, 7) is 6.38. The van der Waals surface area contributed by atoms with Crippen molar-refractivity contribution in [3.63, 3.8) is 0 Å². The number of benzene rings is 1. The molecule has 0 amide bonds. The van der Waals surface area contributed by atoms with Crippen LogP contribution in [0.5, 0.6) is 0 Å². The van der Waals surface area contributed by atoms with Crippen LogP contribution in [0.25, 0.3) is 0 Å². The van der Waals surface area contributed by atoms with Gasteiger partial charge in [-0.05, 0) is 37.0 Å². The minimum absolute atomic E-state index is 0.158. The maximum absolute atomic E-state index is 9.01. The second-order valence-electron chi connectivity index (χ2n) is 4.81. The molecule has 1 aromatic carbocycles. The average Bonchev–Trinajstić information content (AvgIpc) is 2.44. The molecule has 0 saturated heterocycles. The van der Waals surface area contributed by atoms with Gasteiger partial charge in [-0.25, -0.2) is 0 Å². The van der Waals surface area contributed by atoms with Gasteiger partial charge in [0.1, 0.15) is 0 Å². The molecule has 0 bridgehead atoms. The van der Waals surface area contributed by atoms with E-state index in [1.54, 1.807) is 0 Å². The van der Waals surface area contributed by atoms with E-state index in [0.29, 0.717) is 6.54 Å². The Morgan fingerprint density at radius 2 is 2.20 bits per heavy atom. The van der Waals surface area contributed by atoms with Crippen molar-refractivity contribution in [3.05, 3.63) is 34.9 Å². The number of halogens is 1. The van der Waals surface area contributed by atoms with Crippen LogP contribution in [0.1, 0.15) is 19.4 Å². The zero-order valence-corrected chi connectivity index (χ0v) is 13.0. The standard InChI is InChI=1S/C15H24ClN3O/c1-3-17-15(19-10-12(2)11-20)18-8-7-13-5-4-6-14(16)9-13/h4-6,9,12,20H,3,7-8,10-11H2,1-2H3,(H2,17,18,19). The third kappa shape index (κ3) is 6.78. The molecule has 1 rings (SSSR count). The Bertz CT molecular complexity index is 423. The maximum atomic E-state index is 9.01. The third-order valence-electron chi connectivity index (χ3n) is 2.81. The fourth-order valence-corrected chi connectivity index (χ4v) is 1.88. The monoisotopic (exact) mass is 297 g/mol. The number of hydrogen-bond donors (Lipinski definition) is 3. The van der Waals surface area contributed by atoms with E-state index < -0.39 is 0 Å². The molecular weight excluding hydrogens is 274 g/mol. The van der Waals surface area contributed by atoms with Crippen LogP contribution < -0.4 is 10.6 Å². The van der Waals surface area contributed by atoms with Crippen molar-refractivity contribution in [2.24, 2.45) is 10.9 Å². The molecule has 20 heavy (non-hydrogen) atoms. The van der Waals surface area contributed by atoms with Gasteiger partial charge >= 0.3 is 0 Å². The summed E-state index contributed by atoms with van der Waals surface area (Å²) in [6, 6.07) is 7.87. The third-order valence-corrected chi connectivity index (χ3v) is 3.05. The highest BCUT2D eigenvalue weighted by molar-refractivity contribution is 6.30. The van der Waals surface area contributed by atoms with Crippen molar-refractivity contribution < 1.29 is 5.11 Å². The second kappa shape index (κ2) is 9.61. The number of aliphatic imine (C=N–C) groups is 1. The van der Waals surface area contributed by atoms with E-state index in [0.717, 1.165) is 30.5 Å². The van der Waals surface area contributed by atoms with Crippen molar-refractivity contribution in [3.8, 4) is 0 Å². The minimum Gasteiger partial charge on any atom is -0.396 e. The van der Waals surface area contributed by atoms with Crippen LogP contribution >= 0.6 is 11.6 Å². The first-order chi connectivity index (χ1) is 9.65. The molecule has 0 aromatic heterocycles. The smallest absolute Gasteiger partial charge is 0.191 e. The first kappa shape index (κ1) is 16.8. The second-order valence-corrected chi connectivity index (χ2v) is 5.25. The highest BCUT2D eigenvalue weighted by atomic mass is 35.5. The van der Waals surface area contributed by atoms with Gasteiger partial charge in [0.05, 0.1) is 0 Å². The highest BCUT2D eigenvalue weighted by Gasteiger charge is 2.01. The number of aliphatic hydroxyl groups excluding tert-OH is 1.